The van der Waals surface area contributed by atoms with Gasteiger partial charge in [0, 0.05) is 19.1 Å². The van der Waals surface area contributed by atoms with Gasteiger partial charge in [-0.25, -0.2) is 0 Å². The Labute approximate surface area is 88.0 Å². The van der Waals surface area contributed by atoms with Crippen LogP contribution in [0.4, 0.5) is 0 Å². The first kappa shape index (κ1) is 12.0. The Morgan fingerprint density at radius 1 is 1.36 bits per heavy atom. The van der Waals surface area contributed by atoms with Gasteiger partial charge in [0.15, 0.2) is 0 Å². The van der Waals surface area contributed by atoms with Gasteiger partial charge >= 0.3 is 0 Å². The summed E-state index contributed by atoms with van der Waals surface area (Å²) in [5, 5.41) is 0. The summed E-state index contributed by atoms with van der Waals surface area (Å²) in [7, 11) is 0. The monoisotopic (exact) mass is 200 g/mol. The molecule has 0 bridgehead atoms. The highest BCUT2D eigenvalue weighted by Gasteiger charge is 2.25. The minimum Gasteiger partial charge on any atom is -0.378 e. The van der Waals surface area contributed by atoms with Crippen LogP contribution < -0.4 is 0 Å². The molecule has 0 saturated carbocycles. The van der Waals surface area contributed by atoms with E-state index in [1.54, 1.807) is 0 Å². The average Bonchev–Trinajstić information content (AvgIpc) is 2.26. The normalized spacial score (nSPS) is 27.2. The van der Waals surface area contributed by atoms with Crippen LogP contribution in [0.3, 0.4) is 0 Å². The molecule has 84 valence electrons. The minimum atomic E-state index is 0.332. The Kier molecular flexibility index (Phi) is 5.49. The minimum absolute atomic E-state index is 0.332. The zero-order chi connectivity index (χ0) is 10.4. The van der Waals surface area contributed by atoms with Gasteiger partial charge in [0.1, 0.15) is 0 Å². The lowest BCUT2D eigenvalue weighted by Gasteiger charge is -2.31. The Hall–Kier alpha value is -0.0800. The summed E-state index contributed by atoms with van der Waals surface area (Å²) in [6, 6.07) is 0. The molecular weight excluding hydrogens is 176 g/mol. The summed E-state index contributed by atoms with van der Waals surface area (Å²) < 4.78 is 11.5. The molecule has 1 fully saturated rings. The van der Waals surface area contributed by atoms with Crippen molar-refractivity contribution in [2.24, 2.45) is 5.92 Å². The molecule has 1 aliphatic heterocycles. The maximum Gasteiger partial charge on any atom is 0.0625 e. The van der Waals surface area contributed by atoms with Crippen molar-refractivity contribution < 1.29 is 9.47 Å². The van der Waals surface area contributed by atoms with Gasteiger partial charge in [-0.1, -0.05) is 13.8 Å². The molecule has 14 heavy (non-hydrogen) atoms. The Morgan fingerprint density at radius 2 is 2.14 bits per heavy atom. The fourth-order valence-electron chi connectivity index (χ4n) is 1.94. The van der Waals surface area contributed by atoms with Crippen LogP contribution in [0, 0.1) is 5.92 Å². The van der Waals surface area contributed by atoms with E-state index in [-0.39, 0.29) is 0 Å². The third-order valence-electron chi connectivity index (χ3n) is 3.13. The fourth-order valence-corrected chi connectivity index (χ4v) is 1.94. The second-order valence-corrected chi connectivity index (χ2v) is 4.34. The van der Waals surface area contributed by atoms with Crippen LogP contribution >= 0.6 is 0 Å². The van der Waals surface area contributed by atoms with Crippen molar-refractivity contribution in [3.05, 3.63) is 0 Å². The molecule has 3 unspecified atom stereocenters. The molecule has 0 N–H and O–H groups in total. The van der Waals surface area contributed by atoms with E-state index in [0.29, 0.717) is 18.1 Å². The van der Waals surface area contributed by atoms with Crippen molar-refractivity contribution in [1.82, 2.24) is 0 Å². The second-order valence-electron chi connectivity index (χ2n) is 4.34. The van der Waals surface area contributed by atoms with Gasteiger partial charge in [0.25, 0.3) is 0 Å². The molecule has 2 nitrogen and oxygen atoms in total. The van der Waals surface area contributed by atoms with Crippen LogP contribution in [0.15, 0.2) is 0 Å². The van der Waals surface area contributed by atoms with Gasteiger partial charge in [-0.2, -0.15) is 0 Å². The number of ether oxygens (including phenoxy) is 2. The van der Waals surface area contributed by atoms with Crippen LogP contribution in [0.25, 0.3) is 0 Å². The van der Waals surface area contributed by atoms with Crippen molar-refractivity contribution in [2.45, 2.75) is 58.7 Å². The third-order valence-corrected chi connectivity index (χ3v) is 3.13. The zero-order valence-electron chi connectivity index (χ0n) is 9.79. The molecule has 2 heteroatoms. The molecule has 3 atom stereocenters. The lowest BCUT2D eigenvalue weighted by atomic mass is 9.93. The standard InChI is InChI=1S/C12H24O2/c1-4-8-13-11(3)10(2)12-7-5-6-9-14-12/h10-12H,4-9H2,1-3H3. The molecule has 0 amide bonds. The molecule has 1 heterocycles. The fraction of sp³-hybridized carbons (Fsp3) is 1.00. The van der Waals surface area contributed by atoms with Gasteiger partial charge in [0.05, 0.1) is 12.2 Å². The molecule has 0 spiro atoms. The molecule has 0 aromatic heterocycles. The van der Waals surface area contributed by atoms with Gasteiger partial charge in [-0.05, 0) is 32.6 Å². The van der Waals surface area contributed by atoms with Crippen LogP contribution in [0.1, 0.15) is 46.5 Å². The molecular formula is C12H24O2. The predicted octanol–water partition coefficient (Wildman–Crippen LogP) is 3.01. The van der Waals surface area contributed by atoms with Crippen molar-refractivity contribution >= 4 is 0 Å². The molecule has 1 aliphatic rings. The first-order chi connectivity index (χ1) is 6.75. The van der Waals surface area contributed by atoms with Crippen molar-refractivity contribution in [1.29, 1.82) is 0 Å². The van der Waals surface area contributed by atoms with Gasteiger partial charge in [0.2, 0.25) is 0 Å². The van der Waals surface area contributed by atoms with E-state index in [2.05, 4.69) is 20.8 Å². The van der Waals surface area contributed by atoms with Crippen LogP contribution in [-0.4, -0.2) is 25.4 Å². The van der Waals surface area contributed by atoms with E-state index in [9.17, 15) is 0 Å². The van der Waals surface area contributed by atoms with Gasteiger partial charge in [-0.3, -0.25) is 0 Å². The molecule has 0 aromatic rings. The summed E-state index contributed by atoms with van der Waals surface area (Å²) in [6.45, 7) is 8.37. The largest absolute Gasteiger partial charge is 0.378 e. The number of hydrogen-bond acceptors (Lipinski definition) is 2. The van der Waals surface area contributed by atoms with Gasteiger partial charge in [-0.15, -0.1) is 0 Å². The number of hydrogen-bond donors (Lipinski definition) is 0. The van der Waals surface area contributed by atoms with E-state index in [1.807, 2.05) is 0 Å². The maximum atomic E-state index is 5.76. The Morgan fingerprint density at radius 3 is 2.71 bits per heavy atom. The summed E-state index contributed by atoms with van der Waals surface area (Å²) in [5.41, 5.74) is 0. The van der Waals surface area contributed by atoms with E-state index in [1.165, 1.54) is 19.3 Å². The summed E-state index contributed by atoms with van der Waals surface area (Å²) >= 11 is 0. The van der Waals surface area contributed by atoms with Crippen LogP contribution in [0.2, 0.25) is 0 Å². The molecule has 1 saturated heterocycles. The van der Waals surface area contributed by atoms with E-state index >= 15 is 0 Å². The van der Waals surface area contributed by atoms with Crippen molar-refractivity contribution in [3.63, 3.8) is 0 Å². The quantitative estimate of drug-likeness (QED) is 0.679. The second kappa shape index (κ2) is 6.41. The lowest BCUT2D eigenvalue weighted by Crippen LogP contribution is -2.34. The first-order valence-electron chi connectivity index (χ1n) is 5.99. The first-order valence-corrected chi connectivity index (χ1v) is 5.99. The summed E-state index contributed by atoms with van der Waals surface area (Å²) in [6.07, 6.45) is 5.61. The number of rotatable bonds is 5. The van der Waals surface area contributed by atoms with E-state index in [4.69, 9.17) is 9.47 Å². The maximum absolute atomic E-state index is 5.76. The highest BCUT2D eigenvalue weighted by atomic mass is 16.5. The van der Waals surface area contributed by atoms with Crippen LogP contribution in [-0.2, 0) is 9.47 Å². The molecule has 0 aromatic carbocycles. The summed E-state index contributed by atoms with van der Waals surface area (Å²) in [4.78, 5) is 0. The van der Waals surface area contributed by atoms with E-state index in [0.717, 1.165) is 19.6 Å². The van der Waals surface area contributed by atoms with Crippen LogP contribution in [0.5, 0.6) is 0 Å². The van der Waals surface area contributed by atoms with Crippen molar-refractivity contribution in [2.75, 3.05) is 13.2 Å². The average molecular weight is 200 g/mol. The summed E-state index contributed by atoms with van der Waals surface area (Å²) in [5.74, 6) is 0.529. The van der Waals surface area contributed by atoms with Crippen molar-refractivity contribution in [3.8, 4) is 0 Å². The predicted molar refractivity (Wildman–Crippen MR) is 58.5 cm³/mol. The lowest BCUT2D eigenvalue weighted by molar-refractivity contribution is -0.0700. The van der Waals surface area contributed by atoms with E-state index < -0.39 is 0 Å². The Balaban J connectivity index is 2.26. The SMILES string of the molecule is CCCOC(C)C(C)C1CCCCO1. The molecule has 1 rings (SSSR count). The third kappa shape index (κ3) is 3.58. The zero-order valence-corrected chi connectivity index (χ0v) is 9.79. The topological polar surface area (TPSA) is 18.5 Å². The highest BCUT2D eigenvalue weighted by Crippen LogP contribution is 2.23. The highest BCUT2D eigenvalue weighted by molar-refractivity contribution is 4.74. The smallest absolute Gasteiger partial charge is 0.0625 e. The Bertz CT molecular complexity index is 141. The molecule has 0 radical (unpaired) electrons. The molecule has 0 aliphatic carbocycles. The van der Waals surface area contributed by atoms with Gasteiger partial charge < -0.3 is 9.47 Å².